The van der Waals surface area contributed by atoms with Gasteiger partial charge in [0.1, 0.15) is 0 Å². The summed E-state index contributed by atoms with van der Waals surface area (Å²) in [7, 11) is 0. The molecule has 0 radical (unpaired) electrons. The molecule has 0 saturated heterocycles. The molecule has 18 heteroatoms. The minimum absolute atomic E-state index is 0.00450. The van der Waals surface area contributed by atoms with Gasteiger partial charge < -0.3 is 15.4 Å². The number of aromatic nitrogens is 4. The Kier molecular flexibility index (Phi) is 9.10. The Morgan fingerprint density at radius 1 is 1.00 bits per heavy atom. The lowest BCUT2D eigenvalue weighted by Crippen LogP contribution is -2.47. The predicted octanol–water partition coefficient (Wildman–Crippen LogP) is 6.70. The summed E-state index contributed by atoms with van der Waals surface area (Å²) in [5.41, 5.74) is 0.565. The van der Waals surface area contributed by atoms with E-state index in [0.717, 1.165) is 32.8 Å². The average molecular weight is 652 g/mol. The van der Waals surface area contributed by atoms with Crippen molar-refractivity contribution < 1.29 is 49.0 Å². The van der Waals surface area contributed by atoms with Gasteiger partial charge in [-0.05, 0) is 73.0 Å². The molecule has 2 aromatic carbocycles. The van der Waals surface area contributed by atoms with E-state index in [-0.39, 0.29) is 48.5 Å². The quantitative estimate of drug-likeness (QED) is 0.224. The van der Waals surface area contributed by atoms with E-state index in [1.165, 1.54) is 13.8 Å². The van der Waals surface area contributed by atoms with Crippen molar-refractivity contribution in [2.24, 2.45) is 5.73 Å². The minimum Gasteiger partial charge on any atom is -0.415 e. The molecule has 1 aliphatic rings. The molecule has 4 rings (SSSR count). The summed E-state index contributed by atoms with van der Waals surface area (Å²) in [5.74, 6) is -0.317. The summed E-state index contributed by atoms with van der Waals surface area (Å²) in [5, 5.41) is 11.8. The van der Waals surface area contributed by atoms with Crippen molar-refractivity contribution in [1.29, 1.82) is 0 Å². The van der Waals surface area contributed by atoms with Gasteiger partial charge in [0, 0.05) is 19.1 Å². The van der Waals surface area contributed by atoms with Gasteiger partial charge >= 0.3 is 24.6 Å². The summed E-state index contributed by atoms with van der Waals surface area (Å²) in [4.78, 5) is 16.2. The fourth-order valence-corrected chi connectivity index (χ4v) is 4.97. The number of hydrogen-bond donors (Lipinski definition) is 1. The number of fused-ring (bicyclic) bond motifs is 1. The van der Waals surface area contributed by atoms with Gasteiger partial charge in [-0.15, -0.1) is 5.10 Å². The van der Waals surface area contributed by atoms with Crippen molar-refractivity contribution in [2.75, 3.05) is 16.3 Å². The third-order valence-electron chi connectivity index (χ3n) is 6.84. The Balaban J connectivity index is 1.93. The number of allylic oxidation sites excluding steroid dienone is 1. The first-order valence-corrected chi connectivity index (χ1v) is 13.2. The molecule has 0 fully saturated rings. The van der Waals surface area contributed by atoms with Crippen LogP contribution in [-0.4, -0.2) is 38.9 Å². The van der Waals surface area contributed by atoms with E-state index in [0.29, 0.717) is 12.1 Å². The molecule has 1 aliphatic heterocycles. The third-order valence-corrected chi connectivity index (χ3v) is 6.84. The van der Waals surface area contributed by atoms with Crippen molar-refractivity contribution in [1.82, 2.24) is 20.2 Å². The van der Waals surface area contributed by atoms with Gasteiger partial charge in [-0.1, -0.05) is 11.7 Å². The fourth-order valence-electron chi connectivity index (χ4n) is 4.97. The molecule has 3 aromatic rings. The summed E-state index contributed by atoms with van der Waals surface area (Å²) in [6, 6.07) is 1.47. The number of amides is 1. The Hall–Kier alpha value is -4.35. The molecule has 244 valence electrons. The molecule has 9 nitrogen and oxygen atoms in total. The lowest BCUT2D eigenvalue weighted by Gasteiger charge is -2.43. The zero-order valence-corrected chi connectivity index (χ0v) is 23.6. The molecule has 45 heavy (non-hydrogen) atoms. The highest BCUT2D eigenvalue weighted by Crippen LogP contribution is 2.45. The molecule has 0 aliphatic carbocycles. The van der Waals surface area contributed by atoms with Crippen LogP contribution in [0.5, 0.6) is 0 Å². The van der Waals surface area contributed by atoms with Crippen LogP contribution in [0.25, 0.3) is 0 Å². The second-order valence-corrected chi connectivity index (χ2v) is 10.3. The SMILES string of the molecule is C=C(C)OC(=O)N1c2ccc(C(F)(F)F)cc2[C@@H](N(Cc2cc(C(F)(F)F)cc(C(F)(F)F)c2)c2nnn(CCN)n2)C[C@H]1C. The normalized spacial score (nSPS) is 17.2. The van der Waals surface area contributed by atoms with Crippen molar-refractivity contribution in [2.45, 2.75) is 64.0 Å². The van der Waals surface area contributed by atoms with E-state index in [1.807, 2.05) is 0 Å². The Bertz CT molecular complexity index is 1530. The number of carbonyl (C=O) groups excluding carboxylic acids is 1. The van der Waals surface area contributed by atoms with E-state index in [1.54, 1.807) is 0 Å². The highest BCUT2D eigenvalue weighted by Gasteiger charge is 2.42. The maximum Gasteiger partial charge on any atom is 0.419 e. The second kappa shape index (κ2) is 12.2. The first-order chi connectivity index (χ1) is 20.8. The van der Waals surface area contributed by atoms with E-state index < -0.39 is 65.5 Å². The van der Waals surface area contributed by atoms with Crippen molar-refractivity contribution >= 4 is 17.7 Å². The number of benzene rings is 2. The number of halogens is 9. The number of ether oxygens (including phenoxy) is 1. The molecule has 1 aromatic heterocycles. The predicted molar refractivity (Wildman–Crippen MR) is 142 cm³/mol. The summed E-state index contributed by atoms with van der Waals surface area (Å²) in [6.07, 6.45) is -16.3. The Labute approximate surface area is 250 Å². The van der Waals surface area contributed by atoms with Crippen molar-refractivity contribution in [3.8, 4) is 0 Å². The lowest BCUT2D eigenvalue weighted by molar-refractivity contribution is -0.143. The fraction of sp³-hybridized carbons (Fsp3) is 0.407. The Morgan fingerprint density at radius 3 is 2.13 bits per heavy atom. The molecular formula is C27H26F9N7O2. The molecule has 2 heterocycles. The van der Waals surface area contributed by atoms with Gasteiger partial charge in [0.25, 0.3) is 5.95 Å². The van der Waals surface area contributed by atoms with Crippen LogP contribution in [0.2, 0.25) is 0 Å². The number of rotatable bonds is 7. The van der Waals surface area contributed by atoms with Gasteiger partial charge in [0.2, 0.25) is 0 Å². The smallest absolute Gasteiger partial charge is 0.415 e. The first kappa shape index (κ1) is 33.5. The van der Waals surface area contributed by atoms with Crippen LogP contribution in [0.4, 0.5) is 55.9 Å². The van der Waals surface area contributed by atoms with E-state index in [9.17, 15) is 44.3 Å². The summed E-state index contributed by atoms with van der Waals surface area (Å²) < 4.78 is 129. The highest BCUT2D eigenvalue weighted by atomic mass is 19.4. The molecule has 0 unspecified atom stereocenters. The van der Waals surface area contributed by atoms with Gasteiger partial charge in [-0.3, -0.25) is 4.90 Å². The number of hydrogen-bond acceptors (Lipinski definition) is 7. The Morgan fingerprint density at radius 2 is 1.60 bits per heavy atom. The zero-order valence-electron chi connectivity index (χ0n) is 23.6. The summed E-state index contributed by atoms with van der Waals surface area (Å²) >= 11 is 0. The van der Waals surface area contributed by atoms with E-state index in [4.69, 9.17) is 10.5 Å². The van der Waals surface area contributed by atoms with Crippen LogP contribution in [0.3, 0.4) is 0 Å². The zero-order chi connectivity index (χ0) is 33.5. The first-order valence-electron chi connectivity index (χ1n) is 13.2. The van der Waals surface area contributed by atoms with Crippen LogP contribution in [0, 0.1) is 0 Å². The van der Waals surface area contributed by atoms with Crippen LogP contribution in [-0.2, 0) is 36.4 Å². The number of carbonyl (C=O) groups is 1. The third kappa shape index (κ3) is 7.49. The number of nitrogens with zero attached hydrogens (tertiary/aromatic N) is 6. The standard InChI is InChI=1S/C27H26F9N7O2/c1-14(2)45-24(44)43-15(3)8-22(20-12-17(25(28,29)30)4-5-21(20)43)41(23-38-40-42(39-23)7-6-37)13-16-9-18(26(31,32)33)11-19(10-16)27(34,35)36/h4-5,9-12,15,22H,1,6-8,13,37H2,2-3H3/t15-,22+/m1/s1. The lowest BCUT2D eigenvalue weighted by atomic mass is 9.89. The van der Waals surface area contributed by atoms with Gasteiger partial charge in [-0.2, -0.15) is 44.3 Å². The van der Waals surface area contributed by atoms with Crippen molar-refractivity contribution in [3.63, 3.8) is 0 Å². The molecule has 0 saturated carbocycles. The van der Waals surface area contributed by atoms with Gasteiger partial charge in [0.15, 0.2) is 0 Å². The number of alkyl halides is 9. The maximum absolute atomic E-state index is 13.9. The molecule has 1 amide bonds. The number of nitrogens with two attached hydrogens (primary N) is 1. The maximum atomic E-state index is 13.9. The van der Waals surface area contributed by atoms with Crippen LogP contribution >= 0.6 is 0 Å². The molecule has 0 bridgehead atoms. The van der Waals surface area contributed by atoms with E-state index in [2.05, 4.69) is 22.0 Å². The van der Waals surface area contributed by atoms with E-state index >= 15 is 0 Å². The van der Waals surface area contributed by atoms with Crippen LogP contribution < -0.4 is 15.5 Å². The van der Waals surface area contributed by atoms with Crippen molar-refractivity contribution in [3.05, 3.63) is 76.6 Å². The highest BCUT2D eigenvalue weighted by molar-refractivity contribution is 5.91. The molecule has 2 N–H and O–H groups in total. The second-order valence-electron chi connectivity index (χ2n) is 10.3. The van der Waals surface area contributed by atoms with Gasteiger partial charge in [-0.25, -0.2) is 4.79 Å². The topological polar surface area (TPSA) is 102 Å². The van der Waals surface area contributed by atoms with Gasteiger partial charge in [0.05, 0.1) is 40.7 Å². The molecule has 0 spiro atoms. The molecule has 2 atom stereocenters. The van der Waals surface area contributed by atoms with Crippen LogP contribution in [0.15, 0.2) is 48.7 Å². The average Bonchev–Trinajstić information content (AvgIpc) is 3.37. The monoisotopic (exact) mass is 651 g/mol. The number of tetrazole rings is 1. The largest absolute Gasteiger partial charge is 0.419 e. The van der Waals surface area contributed by atoms with Crippen LogP contribution in [0.1, 0.15) is 54.1 Å². The minimum atomic E-state index is -5.15. The number of anilines is 2. The summed E-state index contributed by atoms with van der Waals surface area (Å²) in [6.45, 7) is 5.76. The molecular weight excluding hydrogens is 625 g/mol.